The van der Waals surface area contributed by atoms with Crippen molar-refractivity contribution in [3.8, 4) is 0 Å². The molecule has 0 N–H and O–H groups in total. The van der Waals surface area contributed by atoms with Gasteiger partial charge in [-0.15, -0.1) is 0 Å². The Bertz CT molecular complexity index is 647. The Kier molecular flexibility index (Phi) is 17.3. The third-order valence-corrected chi connectivity index (χ3v) is 5.92. The number of esters is 2. The van der Waals surface area contributed by atoms with Crippen LogP contribution in [0.1, 0.15) is 144 Å². The number of carbonyl (C=O) groups excluding carboxylic acids is 2. The molecule has 0 amide bonds. The van der Waals surface area contributed by atoms with Gasteiger partial charge in [0, 0.05) is 0 Å². The Balaban J connectivity index is 2.20. The van der Waals surface area contributed by atoms with Gasteiger partial charge in [-0.2, -0.15) is 0 Å². The van der Waals surface area contributed by atoms with E-state index in [0.717, 1.165) is 32.1 Å². The molecule has 33 heavy (non-hydrogen) atoms. The molecule has 0 aliphatic carbocycles. The van der Waals surface area contributed by atoms with E-state index in [9.17, 15) is 9.59 Å². The molecule has 188 valence electrons. The van der Waals surface area contributed by atoms with Gasteiger partial charge in [-0.1, -0.05) is 103 Å². The van der Waals surface area contributed by atoms with Gasteiger partial charge < -0.3 is 9.47 Å². The summed E-state index contributed by atoms with van der Waals surface area (Å²) in [6.07, 6.45) is 19.0. The predicted octanol–water partition coefficient (Wildman–Crippen LogP) is 8.07. The van der Waals surface area contributed by atoms with Crippen molar-refractivity contribution in [1.82, 2.24) is 4.98 Å². The lowest BCUT2D eigenvalue weighted by Crippen LogP contribution is -2.17. The van der Waals surface area contributed by atoms with Crippen LogP contribution in [-0.4, -0.2) is 29.6 Å². The van der Waals surface area contributed by atoms with Crippen LogP contribution in [-0.2, 0) is 9.47 Å². The van der Waals surface area contributed by atoms with Crippen LogP contribution in [0.5, 0.6) is 0 Å². The fourth-order valence-electron chi connectivity index (χ4n) is 3.83. The van der Waals surface area contributed by atoms with Gasteiger partial charge in [-0.25, -0.2) is 14.6 Å². The van der Waals surface area contributed by atoms with Gasteiger partial charge in [0.1, 0.15) is 11.4 Å². The Morgan fingerprint density at radius 2 is 1.21 bits per heavy atom. The van der Waals surface area contributed by atoms with Gasteiger partial charge in [0.05, 0.1) is 12.7 Å². The zero-order valence-electron chi connectivity index (χ0n) is 21.4. The van der Waals surface area contributed by atoms with Crippen LogP contribution in [0.2, 0.25) is 0 Å². The topological polar surface area (TPSA) is 65.5 Å². The number of hydrogen-bond acceptors (Lipinski definition) is 5. The average molecular weight is 462 g/mol. The maximum Gasteiger partial charge on any atom is 0.357 e. The first-order valence-electron chi connectivity index (χ1n) is 13.4. The molecule has 0 bridgehead atoms. The molecule has 0 aromatic carbocycles. The number of aromatic nitrogens is 1. The van der Waals surface area contributed by atoms with Crippen LogP contribution in [0.4, 0.5) is 0 Å². The molecule has 0 fully saturated rings. The number of hydrogen-bond donors (Lipinski definition) is 0. The molecule has 0 saturated carbocycles. The van der Waals surface area contributed by atoms with Crippen molar-refractivity contribution < 1.29 is 19.1 Å². The Labute approximate surface area is 202 Å². The fourth-order valence-corrected chi connectivity index (χ4v) is 3.83. The Hall–Kier alpha value is -1.91. The molecule has 1 aromatic rings. The summed E-state index contributed by atoms with van der Waals surface area (Å²) < 4.78 is 10.8. The summed E-state index contributed by atoms with van der Waals surface area (Å²) in [7, 11) is 0. The number of ether oxygens (including phenoxy) is 2. The SMILES string of the molecule is CCCCCCCCCCCCCOC(=O)c1cccc(C(=O)OC(C)CCCCCC)n1. The smallest absolute Gasteiger partial charge is 0.357 e. The quantitative estimate of drug-likeness (QED) is 0.145. The molecule has 0 radical (unpaired) electrons. The number of pyridine rings is 1. The van der Waals surface area contributed by atoms with E-state index in [1.165, 1.54) is 70.6 Å². The third kappa shape index (κ3) is 14.8. The second kappa shape index (κ2) is 19.5. The van der Waals surface area contributed by atoms with E-state index in [1.54, 1.807) is 18.2 Å². The lowest BCUT2D eigenvalue weighted by molar-refractivity contribution is 0.0312. The summed E-state index contributed by atoms with van der Waals surface area (Å²) >= 11 is 0. The second-order valence-electron chi connectivity index (χ2n) is 9.14. The van der Waals surface area contributed by atoms with Crippen molar-refractivity contribution in [2.45, 2.75) is 130 Å². The van der Waals surface area contributed by atoms with Gasteiger partial charge >= 0.3 is 11.9 Å². The standard InChI is InChI=1S/C28H47NO4/c1-4-6-8-10-11-12-13-14-15-16-18-23-32-27(30)25-21-19-22-26(29-25)28(31)33-24(3)20-17-9-7-5-2/h19,21-22,24H,4-18,20,23H2,1-3H3. The minimum Gasteiger partial charge on any atom is -0.461 e. The summed E-state index contributed by atoms with van der Waals surface area (Å²) in [6.45, 7) is 6.71. The van der Waals surface area contributed by atoms with Gasteiger partial charge in [0.2, 0.25) is 0 Å². The molecular weight excluding hydrogens is 414 g/mol. The molecule has 0 aliphatic heterocycles. The number of rotatable bonds is 20. The molecule has 1 atom stereocenters. The van der Waals surface area contributed by atoms with Crippen LogP contribution in [0.3, 0.4) is 0 Å². The second-order valence-corrected chi connectivity index (χ2v) is 9.14. The summed E-state index contributed by atoms with van der Waals surface area (Å²) in [6, 6.07) is 4.80. The van der Waals surface area contributed by atoms with Gasteiger partial charge in [-0.3, -0.25) is 0 Å². The van der Waals surface area contributed by atoms with Crippen molar-refractivity contribution in [3.63, 3.8) is 0 Å². The van der Waals surface area contributed by atoms with E-state index in [0.29, 0.717) is 6.61 Å². The predicted molar refractivity (Wildman–Crippen MR) is 135 cm³/mol. The van der Waals surface area contributed by atoms with Crippen molar-refractivity contribution in [3.05, 3.63) is 29.6 Å². The molecular formula is C28H47NO4. The third-order valence-electron chi connectivity index (χ3n) is 5.92. The van der Waals surface area contributed by atoms with Gasteiger partial charge in [0.15, 0.2) is 0 Å². The Morgan fingerprint density at radius 3 is 1.79 bits per heavy atom. The van der Waals surface area contributed by atoms with Crippen LogP contribution in [0, 0.1) is 0 Å². The van der Waals surface area contributed by atoms with E-state index in [4.69, 9.17) is 9.47 Å². The van der Waals surface area contributed by atoms with Crippen molar-refractivity contribution in [1.29, 1.82) is 0 Å². The fraction of sp³-hybridized carbons (Fsp3) is 0.750. The number of carbonyl (C=O) groups is 2. The van der Waals surface area contributed by atoms with Crippen molar-refractivity contribution >= 4 is 11.9 Å². The average Bonchev–Trinajstić information content (AvgIpc) is 2.82. The van der Waals surface area contributed by atoms with Crippen molar-refractivity contribution in [2.24, 2.45) is 0 Å². The minimum absolute atomic E-state index is 0.152. The maximum atomic E-state index is 12.4. The zero-order chi connectivity index (χ0) is 24.2. The number of nitrogens with zero attached hydrogens (tertiary/aromatic N) is 1. The molecule has 1 rings (SSSR count). The van der Waals surface area contributed by atoms with Gasteiger partial charge in [0.25, 0.3) is 0 Å². The van der Waals surface area contributed by atoms with E-state index in [1.807, 2.05) is 6.92 Å². The van der Waals surface area contributed by atoms with E-state index < -0.39 is 11.9 Å². The van der Waals surface area contributed by atoms with Crippen molar-refractivity contribution in [2.75, 3.05) is 6.61 Å². The lowest BCUT2D eigenvalue weighted by atomic mass is 10.1. The van der Waals surface area contributed by atoms with Gasteiger partial charge in [-0.05, 0) is 38.3 Å². The van der Waals surface area contributed by atoms with E-state index in [-0.39, 0.29) is 17.5 Å². The first-order chi connectivity index (χ1) is 16.1. The first-order valence-corrected chi connectivity index (χ1v) is 13.4. The largest absolute Gasteiger partial charge is 0.461 e. The van der Waals surface area contributed by atoms with Crippen LogP contribution in [0.15, 0.2) is 18.2 Å². The molecule has 0 spiro atoms. The molecule has 1 unspecified atom stereocenters. The lowest BCUT2D eigenvalue weighted by Gasteiger charge is -2.13. The number of unbranched alkanes of at least 4 members (excludes halogenated alkanes) is 13. The van der Waals surface area contributed by atoms with Crippen LogP contribution < -0.4 is 0 Å². The van der Waals surface area contributed by atoms with Crippen LogP contribution >= 0.6 is 0 Å². The zero-order valence-corrected chi connectivity index (χ0v) is 21.4. The summed E-state index contributed by atoms with van der Waals surface area (Å²) in [5.41, 5.74) is 0.308. The summed E-state index contributed by atoms with van der Waals surface area (Å²) in [5, 5.41) is 0. The molecule has 0 saturated heterocycles. The highest BCUT2D eigenvalue weighted by molar-refractivity contribution is 5.91. The maximum absolute atomic E-state index is 12.4. The monoisotopic (exact) mass is 461 g/mol. The minimum atomic E-state index is -0.488. The molecule has 0 aliphatic rings. The summed E-state index contributed by atoms with van der Waals surface area (Å²) in [4.78, 5) is 28.8. The molecule has 1 aromatic heterocycles. The highest BCUT2D eigenvalue weighted by Gasteiger charge is 2.16. The summed E-state index contributed by atoms with van der Waals surface area (Å²) in [5.74, 6) is -0.970. The highest BCUT2D eigenvalue weighted by Crippen LogP contribution is 2.13. The van der Waals surface area contributed by atoms with Crippen LogP contribution in [0.25, 0.3) is 0 Å². The molecule has 5 heteroatoms. The Morgan fingerprint density at radius 1 is 0.727 bits per heavy atom. The van der Waals surface area contributed by atoms with E-state index in [2.05, 4.69) is 18.8 Å². The highest BCUT2D eigenvalue weighted by atomic mass is 16.5. The first kappa shape index (κ1) is 29.1. The normalized spacial score (nSPS) is 11.8. The molecule has 1 heterocycles. The van der Waals surface area contributed by atoms with E-state index >= 15 is 0 Å². The molecule has 5 nitrogen and oxygen atoms in total.